The monoisotopic (exact) mass is 421 g/mol. The number of hydrogen-bond donors (Lipinski definition) is 1. The number of fused-ring (bicyclic) bond motifs is 1. The van der Waals surface area contributed by atoms with Crippen LogP contribution in [-0.2, 0) is 4.79 Å². The number of amidine groups is 1. The van der Waals surface area contributed by atoms with E-state index < -0.39 is 0 Å². The van der Waals surface area contributed by atoms with Crippen molar-refractivity contribution in [2.45, 2.75) is 33.2 Å². The van der Waals surface area contributed by atoms with Crippen LogP contribution in [0.4, 0.5) is 15.8 Å². The fourth-order valence-corrected chi connectivity index (χ4v) is 4.88. The zero-order chi connectivity index (χ0) is 21.5. The van der Waals surface area contributed by atoms with Gasteiger partial charge < -0.3 is 10.2 Å². The number of para-hydroxylation sites is 1. The van der Waals surface area contributed by atoms with E-state index >= 15 is 4.39 Å². The van der Waals surface area contributed by atoms with Gasteiger partial charge in [-0.15, -0.1) is 0 Å². The van der Waals surface area contributed by atoms with Crippen LogP contribution in [0.15, 0.2) is 58.4 Å². The third kappa shape index (κ3) is 3.79. The minimum absolute atomic E-state index is 0.178. The second kappa shape index (κ2) is 7.76. The van der Waals surface area contributed by atoms with Crippen molar-refractivity contribution in [1.29, 1.82) is 0 Å². The SMILES string of the molecule is CCN1c2cc(F)c(/C=C3/SC(=Nc4ccccc4)NC3=O)cc2C(C)=CC1(C)C. The maximum Gasteiger partial charge on any atom is 0.264 e. The van der Waals surface area contributed by atoms with Crippen LogP contribution >= 0.6 is 11.8 Å². The third-order valence-corrected chi connectivity index (χ3v) is 6.25. The number of rotatable bonds is 3. The molecule has 1 N–H and O–H groups in total. The first kappa shape index (κ1) is 20.4. The Morgan fingerprint density at radius 1 is 1.23 bits per heavy atom. The maximum absolute atomic E-state index is 15.0. The lowest BCUT2D eigenvalue weighted by Crippen LogP contribution is -2.45. The van der Waals surface area contributed by atoms with E-state index in [1.807, 2.05) is 43.3 Å². The Balaban J connectivity index is 1.69. The standard InChI is InChI=1S/C24H24FN3OS/c1-5-28-20-13-19(25)16(11-18(20)15(2)14-24(28,3)4)12-21-22(29)27-23(30-21)26-17-9-7-6-8-10-17/h6-14H,5H2,1-4H3,(H,26,27,29)/b21-12+. The van der Waals surface area contributed by atoms with Crippen LogP contribution in [0.5, 0.6) is 0 Å². The number of nitrogens with zero attached hydrogens (tertiary/aromatic N) is 2. The second-order valence-corrected chi connectivity index (χ2v) is 8.96. The van der Waals surface area contributed by atoms with Crippen LogP contribution in [0, 0.1) is 5.82 Å². The number of allylic oxidation sites excluding steroid dienone is 1. The first-order chi connectivity index (χ1) is 14.3. The van der Waals surface area contributed by atoms with Gasteiger partial charge in [0, 0.05) is 23.4 Å². The summed E-state index contributed by atoms with van der Waals surface area (Å²) in [5.41, 5.74) is 3.96. The summed E-state index contributed by atoms with van der Waals surface area (Å²) in [6, 6.07) is 12.8. The Bertz CT molecular complexity index is 1100. The smallest absolute Gasteiger partial charge is 0.264 e. The van der Waals surface area contributed by atoms with Crippen molar-refractivity contribution >= 4 is 45.9 Å². The van der Waals surface area contributed by atoms with Gasteiger partial charge in [-0.25, -0.2) is 9.38 Å². The molecule has 1 amide bonds. The van der Waals surface area contributed by atoms with Gasteiger partial charge in [0.2, 0.25) is 0 Å². The minimum Gasteiger partial charge on any atom is -0.363 e. The Labute approximate surface area is 180 Å². The molecule has 30 heavy (non-hydrogen) atoms. The molecule has 1 fully saturated rings. The van der Waals surface area contributed by atoms with E-state index in [0.717, 1.165) is 29.1 Å². The highest BCUT2D eigenvalue weighted by atomic mass is 32.2. The summed E-state index contributed by atoms with van der Waals surface area (Å²) in [4.78, 5) is 19.5. The number of thioether (sulfide) groups is 1. The van der Waals surface area contributed by atoms with Gasteiger partial charge in [0.25, 0.3) is 5.91 Å². The van der Waals surface area contributed by atoms with E-state index in [4.69, 9.17) is 0 Å². The maximum atomic E-state index is 15.0. The summed E-state index contributed by atoms with van der Waals surface area (Å²) in [7, 11) is 0. The number of anilines is 1. The predicted octanol–water partition coefficient (Wildman–Crippen LogP) is 5.74. The largest absolute Gasteiger partial charge is 0.363 e. The number of carbonyl (C=O) groups is 1. The van der Waals surface area contributed by atoms with Gasteiger partial charge in [-0.2, -0.15) is 0 Å². The van der Waals surface area contributed by atoms with Crippen molar-refractivity contribution in [3.8, 4) is 0 Å². The molecule has 0 unspecified atom stereocenters. The number of benzene rings is 2. The molecule has 0 aliphatic carbocycles. The van der Waals surface area contributed by atoms with Gasteiger partial charge in [0.05, 0.1) is 16.1 Å². The average molecular weight is 422 g/mol. The van der Waals surface area contributed by atoms with Crippen LogP contribution in [0.25, 0.3) is 11.6 Å². The van der Waals surface area contributed by atoms with Gasteiger partial charge >= 0.3 is 0 Å². The zero-order valence-corrected chi connectivity index (χ0v) is 18.3. The Morgan fingerprint density at radius 2 is 1.97 bits per heavy atom. The summed E-state index contributed by atoms with van der Waals surface area (Å²) in [5.74, 6) is -0.609. The molecule has 2 aromatic carbocycles. The summed E-state index contributed by atoms with van der Waals surface area (Å²) in [6.07, 6.45) is 3.81. The number of nitrogens with one attached hydrogen (secondary N) is 1. The number of hydrogen-bond acceptors (Lipinski definition) is 4. The van der Waals surface area contributed by atoms with E-state index in [2.05, 4.69) is 42.1 Å². The Morgan fingerprint density at radius 3 is 2.67 bits per heavy atom. The van der Waals surface area contributed by atoms with Crippen molar-refractivity contribution in [1.82, 2.24) is 5.32 Å². The van der Waals surface area contributed by atoms with Gasteiger partial charge in [-0.05, 0) is 75.4 Å². The number of amides is 1. The van der Waals surface area contributed by atoms with Crippen molar-refractivity contribution in [3.63, 3.8) is 0 Å². The molecule has 2 aliphatic rings. The molecule has 2 aromatic rings. The third-order valence-electron chi connectivity index (χ3n) is 5.34. The molecule has 2 aliphatic heterocycles. The molecule has 2 heterocycles. The first-order valence-corrected chi connectivity index (χ1v) is 10.8. The predicted molar refractivity (Wildman–Crippen MR) is 124 cm³/mol. The second-order valence-electron chi connectivity index (χ2n) is 7.93. The average Bonchev–Trinajstić information content (AvgIpc) is 3.02. The van der Waals surface area contributed by atoms with Gasteiger partial charge in [0.15, 0.2) is 5.17 Å². The highest BCUT2D eigenvalue weighted by molar-refractivity contribution is 8.18. The minimum atomic E-state index is -0.341. The number of halogens is 1. The quantitative estimate of drug-likeness (QED) is 0.643. The number of carbonyl (C=O) groups excluding carboxylic acids is 1. The molecule has 4 rings (SSSR count). The fourth-order valence-electron chi connectivity index (χ4n) is 4.04. The molecular weight excluding hydrogens is 397 g/mol. The molecule has 0 spiro atoms. The molecule has 0 saturated carbocycles. The van der Waals surface area contributed by atoms with Crippen molar-refractivity contribution in [2.24, 2.45) is 4.99 Å². The van der Waals surface area contributed by atoms with Crippen molar-refractivity contribution < 1.29 is 9.18 Å². The molecule has 4 nitrogen and oxygen atoms in total. The summed E-state index contributed by atoms with van der Waals surface area (Å²) >= 11 is 1.22. The normalized spacial score (nSPS) is 20.4. The molecule has 6 heteroatoms. The summed E-state index contributed by atoms with van der Waals surface area (Å²) in [6.45, 7) is 9.15. The van der Waals surface area contributed by atoms with E-state index in [0.29, 0.717) is 15.6 Å². The van der Waals surface area contributed by atoms with Crippen LogP contribution in [0.2, 0.25) is 0 Å². The van der Waals surface area contributed by atoms with E-state index in [1.165, 1.54) is 11.8 Å². The fraction of sp³-hybridized carbons (Fsp3) is 0.250. The molecule has 0 atom stereocenters. The van der Waals surface area contributed by atoms with Crippen molar-refractivity contribution in [2.75, 3.05) is 11.4 Å². The zero-order valence-electron chi connectivity index (χ0n) is 17.5. The molecule has 0 aromatic heterocycles. The van der Waals surface area contributed by atoms with E-state index in [-0.39, 0.29) is 17.3 Å². The first-order valence-electron chi connectivity index (χ1n) is 9.94. The van der Waals surface area contributed by atoms with Gasteiger partial charge in [-0.1, -0.05) is 24.3 Å². The topological polar surface area (TPSA) is 44.7 Å². The van der Waals surface area contributed by atoms with Crippen molar-refractivity contribution in [3.05, 3.63) is 70.4 Å². The molecule has 1 saturated heterocycles. The van der Waals surface area contributed by atoms with Crippen LogP contribution in [0.3, 0.4) is 0 Å². The van der Waals surface area contributed by atoms with E-state index in [9.17, 15) is 4.79 Å². The number of likely N-dealkylation sites (N-methyl/N-ethyl adjacent to an activating group) is 1. The van der Waals surface area contributed by atoms with Gasteiger partial charge in [-0.3, -0.25) is 4.79 Å². The van der Waals surface area contributed by atoms with Gasteiger partial charge in [0.1, 0.15) is 5.82 Å². The summed E-state index contributed by atoms with van der Waals surface area (Å²) < 4.78 is 15.0. The van der Waals surface area contributed by atoms with Crippen LogP contribution in [-0.4, -0.2) is 23.2 Å². The Kier molecular flexibility index (Phi) is 5.28. The molecular formula is C24H24FN3OS. The highest BCUT2D eigenvalue weighted by Crippen LogP contribution is 2.40. The lowest BCUT2D eigenvalue weighted by Gasteiger charge is -2.42. The molecule has 0 bridgehead atoms. The highest BCUT2D eigenvalue weighted by Gasteiger charge is 2.31. The molecule has 154 valence electrons. The Hall–Kier alpha value is -2.86. The van der Waals surface area contributed by atoms with Crippen LogP contribution in [0.1, 0.15) is 38.8 Å². The summed E-state index contributed by atoms with van der Waals surface area (Å²) in [5, 5.41) is 3.25. The lowest BCUT2D eigenvalue weighted by atomic mass is 9.88. The van der Waals surface area contributed by atoms with Crippen LogP contribution < -0.4 is 10.2 Å². The number of aliphatic imine (C=N–C) groups is 1. The molecule has 0 radical (unpaired) electrons. The lowest BCUT2D eigenvalue weighted by molar-refractivity contribution is -0.115. The van der Waals surface area contributed by atoms with E-state index in [1.54, 1.807) is 12.1 Å².